The van der Waals surface area contributed by atoms with Crippen molar-refractivity contribution < 1.29 is 18.0 Å². The van der Waals surface area contributed by atoms with Crippen LogP contribution in [0.3, 0.4) is 0 Å². The molecule has 0 radical (unpaired) electrons. The summed E-state index contributed by atoms with van der Waals surface area (Å²) in [7, 11) is 0. The van der Waals surface area contributed by atoms with Gasteiger partial charge in [-0.2, -0.15) is 18.4 Å². The maximum atomic E-state index is 12.2. The van der Waals surface area contributed by atoms with E-state index in [0.29, 0.717) is 12.8 Å². The average molecular weight is 234 g/mol. The van der Waals surface area contributed by atoms with Gasteiger partial charge in [0.1, 0.15) is 12.5 Å². The topological polar surface area (TPSA) is 44.1 Å². The van der Waals surface area contributed by atoms with Crippen LogP contribution in [0.5, 0.6) is 0 Å². The van der Waals surface area contributed by atoms with Gasteiger partial charge in [0.2, 0.25) is 5.91 Å². The lowest BCUT2D eigenvalue weighted by atomic mass is 10.1. The van der Waals surface area contributed by atoms with E-state index in [-0.39, 0.29) is 12.5 Å². The number of hydrogen-bond acceptors (Lipinski definition) is 2. The normalized spacial score (nSPS) is 17.7. The van der Waals surface area contributed by atoms with E-state index in [1.54, 1.807) is 13.0 Å². The van der Waals surface area contributed by atoms with Gasteiger partial charge in [-0.25, -0.2) is 0 Å². The maximum Gasteiger partial charge on any atom is 0.406 e. The Kier molecular flexibility index (Phi) is 3.79. The molecule has 1 saturated carbocycles. The summed E-state index contributed by atoms with van der Waals surface area (Å²) in [5, 5.41) is 8.67. The first-order valence-corrected chi connectivity index (χ1v) is 5.16. The van der Waals surface area contributed by atoms with E-state index in [1.165, 1.54) is 0 Å². The number of rotatable bonds is 4. The van der Waals surface area contributed by atoms with Crippen LogP contribution >= 0.6 is 0 Å². The molecule has 0 aromatic carbocycles. The summed E-state index contributed by atoms with van der Waals surface area (Å²) in [6, 6.07) is 1.42. The SMILES string of the molecule is CCC(C#N)C(=O)N(CC(F)(F)F)C1CC1. The summed E-state index contributed by atoms with van der Waals surface area (Å²) < 4.78 is 36.7. The molecule has 0 spiro atoms. The molecular formula is C10H13F3N2O. The van der Waals surface area contributed by atoms with E-state index in [1.807, 2.05) is 0 Å². The highest BCUT2D eigenvalue weighted by atomic mass is 19.4. The molecular weight excluding hydrogens is 221 g/mol. The molecule has 0 aromatic heterocycles. The standard InChI is InChI=1S/C10H13F3N2O/c1-2-7(5-14)9(16)15(8-3-4-8)6-10(11,12)13/h7-8H,2-4,6H2,1H3. The molecule has 0 heterocycles. The largest absolute Gasteiger partial charge is 0.406 e. The van der Waals surface area contributed by atoms with E-state index in [4.69, 9.17) is 5.26 Å². The van der Waals surface area contributed by atoms with Crippen molar-refractivity contribution in [3.8, 4) is 6.07 Å². The van der Waals surface area contributed by atoms with Crippen LogP contribution in [0.25, 0.3) is 0 Å². The van der Waals surface area contributed by atoms with Gasteiger partial charge in [0.05, 0.1) is 6.07 Å². The van der Waals surface area contributed by atoms with Crippen LogP contribution in [0.15, 0.2) is 0 Å². The molecule has 0 N–H and O–H groups in total. The van der Waals surface area contributed by atoms with Gasteiger partial charge < -0.3 is 4.90 Å². The highest BCUT2D eigenvalue weighted by Crippen LogP contribution is 2.31. The molecule has 1 fully saturated rings. The number of halogens is 3. The van der Waals surface area contributed by atoms with Crippen LogP contribution in [-0.2, 0) is 4.79 Å². The average Bonchev–Trinajstić information content (AvgIpc) is 2.97. The third-order valence-corrected chi connectivity index (χ3v) is 2.48. The van der Waals surface area contributed by atoms with Gasteiger partial charge in [-0.05, 0) is 19.3 Å². The summed E-state index contributed by atoms with van der Waals surface area (Å²) in [6.45, 7) is 0.374. The smallest absolute Gasteiger partial charge is 0.329 e. The minimum atomic E-state index is -4.40. The third kappa shape index (κ3) is 3.40. The molecule has 0 saturated heterocycles. The van der Waals surface area contributed by atoms with Gasteiger partial charge in [0.25, 0.3) is 0 Å². The number of carbonyl (C=O) groups is 1. The predicted molar refractivity (Wildman–Crippen MR) is 50.2 cm³/mol. The van der Waals surface area contributed by atoms with Crippen molar-refractivity contribution in [3.63, 3.8) is 0 Å². The van der Waals surface area contributed by atoms with E-state index < -0.39 is 24.5 Å². The van der Waals surface area contributed by atoms with Gasteiger partial charge in [0, 0.05) is 6.04 Å². The van der Waals surface area contributed by atoms with Crippen molar-refractivity contribution in [2.75, 3.05) is 6.54 Å². The number of nitriles is 1. The fourth-order valence-electron chi connectivity index (χ4n) is 1.49. The van der Waals surface area contributed by atoms with Crippen LogP contribution in [0.2, 0.25) is 0 Å². The lowest BCUT2D eigenvalue weighted by Gasteiger charge is -2.25. The van der Waals surface area contributed by atoms with Crippen LogP contribution in [0.1, 0.15) is 26.2 Å². The lowest BCUT2D eigenvalue weighted by Crippen LogP contribution is -2.43. The first kappa shape index (κ1) is 12.8. The van der Waals surface area contributed by atoms with E-state index >= 15 is 0 Å². The van der Waals surface area contributed by atoms with Crippen molar-refractivity contribution in [2.45, 2.75) is 38.4 Å². The molecule has 1 amide bonds. The number of amides is 1. The van der Waals surface area contributed by atoms with Crippen molar-refractivity contribution >= 4 is 5.91 Å². The van der Waals surface area contributed by atoms with Crippen molar-refractivity contribution in [1.29, 1.82) is 5.26 Å². The lowest BCUT2D eigenvalue weighted by molar-refractivity contribution is -0.164. The highest BCUT2D eigenvalue weighted by Gasteiger charge is 2.42. The molecule has 1 aliphatic rings. The monoisotopic (exact) mass is 234 g/mol. The minimum absolute atomic E-state index is 0.246. The van der Waals surface area contributed by atoms with Gasteiger partial charge >= 0.3 is 6.18 Å². The van der Waals surface area contributed by atoms with E-state index in [2.05, 4.69) is 0 Å². The zero-order valence-corrected chi connectivity index (χ0v) is 8.92. The molecule has 1 rings (SSSR count). The Balaban J connectivity index is 2.70. The van der Waals surface area contributed by atoms with Crippen molar-refractivity contribution in [2.24, 2.45) is 5.92 Å². The summed E-state index contributed by atoms with van der Waals surface area (Å²) in [5.74, 6) is -1.65. The van der Waals surface area contributed by atoms with Gasteiger partial charge in [-0.3, -0.25) is 4.79 Å². The minimum Gasteiger partial charge on any atom is -0.329 e. The number of hydrogen-bond donors (Lipinski definition) is 0. The molecule has 1 unspecified atom stereocenters. The molecule has 0 aliphatic heterocycles. The van der Waals surface area contributed by atoms with Crippen molar-refractivity contribution in [1.82, 2.24) is 4.90 Å². The molecule has 0 bridgehead atoms. The van der Waals surface area contributed by atoms with Crippen LogP contribution in [-0.4, -0.2) is 29.6 Å². The van der Waals surface area contributed by atoms with Crippen molar-refractivity contribution in [3.05, 3.63) is 0 Å². The summed E-state index contributed by atoms with van der Waals surface area (Å²) in [6.07, 6.45) is -2.95. The second-order valence-corrected chi connectivity index (χ2v) is 3.90. The molecule has 16 heavy (non-hydrogen) atoms. The Labute approximate surface area is 91.8 Å². The Bertz CT molecular complexity index is 304. The quantitative estimate of drug-likeness (QED) is 0.747. The molecule has 3 nitrogen and oxygen atoms in total. The summed E-state index contributed by atoms with van der Waals surface area (Å²) in [5.41, 5.74) is 0. The highest BCUT2D eigenvalue weighted by molar-refractivity contribution is 5.81. The Morgan fingerprint density at radius 2 is 2.12 bits per heavy atom. The fraction of sp³-hybridized carbons (Fsp3) is 0.800. The van der Waals surface area contributed by atoms with Gasteiger partial charge in [0.15, 0.2) is 0 Å². The predicted octanol–water partition coefficient (Wildman–Crippen LogP) is 2.09. The maximum absolute atomic E-state index is 12.2. The number of alkyl halides is 3. The zero-order valence-electron chi connectivity index (χ0n) is 8.92. The second-order valence-electron chi connectivity index (χ2n) is 3.90. The molecule has 6 heteroatoms. The summed E-state index contributed by atoms with van der Waals surface area (Å²) in [4.78, 5) is 12.5. The number of nitrogens with zero attached hydrogens (tertiary/aromatic N) is 2. The van der Waals surface area contributed by atoms with Crippen LogP contribution < -0.4 is 0 Å². The fourth-order valence-corrected chi connectivity index (χ4v) is 1.49. The Morgan fingerprint density at radius 3 is 2.44 bits per heavy atom. The molecule has 1 aliphatic carbocycles. The van der Waals surface area contributed by atoms with Crippen LogP contribution in [0, 0.1) is 17.2 Å². The first-order chi connectivity index (χ1) is 7.39. The van der Waals surface area contributed by atoms with Crippen LogP contribution in [0.4, 0.5) is 13.2 Å². The summed E-state index contributed by atoms with van der Waals surface area (Å²) >= 11 is 0. The third-order valence-electron chi connectivity index (χ3n) is 2.48. The first-order valence-electron chi connectivity index (χ1n) is 5.16. The Morgan fingerprint density at radius 1 is 1.56 bits per heavy atom. The van der Waals surface area contributed by atoms with Gasteiger partial charge in [-0.15, -0.1) is 0 Å². The van der Waals surface area contributed by atoms with E-state index in [9.17, 15) is 18.0 Å². The molecule has 0 aromatic rings. The zero-order chi connectivity index (χ0) is 12.3. The van der Waals surface area contributed by atoms with E-state index in [0.717, 1.165) is 4.90 Å². The molecule has 90 valence electrons. The Hall–Kier alpha value is -1.25. The van der Waals surface area contributed by atoms with Gasteiger partial charge in [-0.1, -0.05) is 6.92 Å². The molecule has 1 atom stereocenters. The second kappa shape index (κ2) is 4.73. The number of carbonyl (C=O) groups excluding carboxylic acids is 1.